The van der Waals surface area contributed by atoms with Crippen LogP contribution in [0.5, 0.6) is 0 Å². The number of fused-ring (bicyclic) bond motifs is 16. The molecule has 11 nitrogen and oxygen atoms in total. The van der Waals surface area contributed by atoms with Gasteiger partial charge in [0.05, 0.1) is 54.7 Å². The number of hydrogen-bond donors (Lipinski definition) is 0. The fourth-order valence-corrected chi connectivity index (χ4v) is 42.1. The minimum Gasteiger partial charge on any atom is -0.311 e. The van der Waals surface area contributed by atoms with Gasteiger partial charge < -0.3 is 14.4 Å². The van der Waals surface area contributed by atoms with Crippen LogP contribution in [0.1, 0.15) is 0 Å². The molecular weight excluding hydrogens is 1870 g/mol. The summed E-state index contributed by atoms with van der Waals surface area (Å²) >= 11 is 0. The van der Waals surface area contributed by atoms with E-state index in [4.69, 9.17) is 0 Å². The highest BCUT2D eigenvalue weighted by molar-refractivity contribution is 7.78. The van der Waals surface area contributed by atoms with E-state index in [1.165, 1.54) is 75.0 Å². The Balaban J connectivity index is 0.000000113. The second kappa shape index (κ2) is 36.5. The van der Waals surface area contributed by atoms with Crippen LogP contribution in [0.2, 0.25) is 0 Å². The summed E-state index contributed by atoms with van der Waals surface area (Å²) < 4.78 is 55.9. The summed E-state index contributed by atoms with van der Waals surface area (Å²) in [6.45, 7) is 0. The molecule has 2 atom stereocenters. The molecule has 0 N–H and O–H groups in total. The maximum absolute atomic E-state index is 15.9. The number of rotatable bonds is 16. The molecule has 20 aromatic carbocycles. The highest BCUT2D eigenvalue weighted by Gasteiger charge is 2.51. The first-order valence-corrected chi connectivity index (χ1v) is 58.3. The van der Waals surface area contributed by atoms with Gasteiger partial charge in [-0.15, -0.1) is 0 Å². The molecule has 8 heterocycles. The minimum absolute atomic E-state index is 0.694. The molecule has 694 valence electrons. The predicted molar refractivity (Wildman–Crippen MR) is 617 cm³/mol. The highest BCUT2D eigenvalue weighted by Crippen LogP contribution is 2.56. The Morgan fingerprint density at radius 2 is 0.390 bits per heavy atom. The topological polar surface area (TPSA) is 103 Å². The molecule has 2 aliphatic heterocycles. The van der Waals surface area contributed by atoms with Crippen LogP contribution in [0.15, 0.2) is 565 Å². The SMILES string of the molecule is O=P(c1ccccc1)(c1ccccc1)n1c2ccccc2c2cc(N3c4ccccc4[Si](c4ccccc4)(c4ccccc4)c4ccccc43)ccc21.O=P(c1ccccc1)(c1cccnc1)n1c2ccccc2c2cc(-n3c4ccccc4c4ccccc43)ccc21.O=P(c1ccccc1)(c1cccnc1)n1c2ccccc2c2cc(N3c4ccccc4[Si](c4ccccc4)(c4ccccc4)c4ccccc43)ccc21. The second-order valence-corrected chi connectivity index (χ2v) is 52.4. The Labute approximate surface area is 847 Å². The second-order valence-electron chi connectivity index (χ2n) is 37.2. The smallest absolute Gasteiger partial charge is 0.235 e. The van der Waals surface area contributed by atoms with Crippen molar-refractivity contribution in [2.24, 2.45) is 0 Å². The van der Waals surface area contributed by atoms with Gasteiger partial charge in [-0.25, -0.2) is 0 Å². The van der Waals surface area contributed by atoms with Gasteiger partial charge in [0.1, 0.15) is 0 Å². The van der Waals surface area contributed by atoms with E-state index in [2.05, 4.69) is 413 Å². The summed E-state index contributed by atoms with van der Waals surface area (Å²) in [6, 6.07) is 189. The van der Waals surface area contributed by atoms with E-state index in [9.17, 15) is 0 Å². The molecule has 0 fully saturated rings. The van der Waals surface area contributed by atoms with Crippen LogP contribution in [0.3, 0.4) is 0 Å². The van der Waals surface area contributed by atoms with Crippen LogP contribution in [0.4, 0.5) is 34.1 Å². The third kappa shape index (κ3) is 13.9. The van der Waals surface area contributed by atoms with E-state index < -0.39 is 38.0 Å². The molecule has 16 heteroatoms. The molecule has 146 heavy (non-hydrogen) atoms. The summed E-state index contributed by atoms with van der Waals surface area (Å²) in [5, 5.41) is 24.2. The molecule has 0 saturated heterocycles. The summed E-state index contributed by atoms with van der Waals surface area (Å²) in [6.07, 6.45) is 6.95. The lowest BCUT2D eigenvalue weighted by Crippen LogP contribution is -2.77. The number of hydrogen-bond acceptors (Lipinski definition) is 7. The van der Waals surface area contributed by atoms with Crippen molar-refractivity contribution in [2.45, 2.75) is 0 Å². The number of aromatic nitrogens is 6. The third-order valence-electron chi connectivity index (χ3n) is 29.5. The van der Waals surface area contributed by atoms with E-state index in [-0.39, 0.29) is 0 Å². The van der Waals surface area contributed by atoms with Crippen molar-refractivity contribution in [3.8, 4) is 5.69 Å². The summed E-state index contributed by atoms with van der Waals surface area (Å²) in [5.74, 6) is 0. The fraction of sp³-hybridized carbons (Fsp3) is 0. The van der Waals surface area contributed by atoms with Crippen molar-refractivity contribution in [3.05, 3.63) is 565 Å². The van der Waals surface area contributed by atoms with Crippen LogP contribution >= 0.6 is 21.9 Å². The van der Waals surface area contributed by atoms with Crippen LogP contribution in [-0.2, 0) is 13.7 Å². The largest absolute Gasteiger partial charge is 0.311 e. The minimum atomic E-state index is -3.41. The van der Waals surface area contributed by atoms with E-state index in [0.717, 1.165) is 115 Å². The zero-order chi connectivity index (χ0) is 97.5. The first-order valence-electron chi connectivity index (χ1n) is 49.3. The number of nitrogens with zero attached hydrogens (tertiary/aromatic N) is 8. The van der Waals surface area contributed by atoms with E-state index in [0.29, 0.717) is 10.6 Å². The zero-order valence-electron chi connectivity index (χ0n) is 79.3. The molecule has 26 aromatic rings. The average molecular weight is 1960 g/mol. The van der Waals surface area contributed by atoms with Gasteiger partial charge in [-0.1, -0.05) is 358 Å². The van der Waals surface area contributed by atoms with Gasteiger partial charge in [-0.3, -0.25) is 36.7 Å². The quantitative estimate of drug-likeness (QED) is 0.0701. The standard InChI is InChI=1S/C48H35N2OPSi.C47H34N3OPSi.C35H24N3OP/c51-52(37-19-5-1-6-20-37,38-21-7-2-8-22-38)50-43-28-14-13-27-41(43)42-35-36(33-34-44(42)50)49-45-29-15-17-31-47(45)53(39-23-9-3-10-24-39,40-25-11-4-12-26-40)48-32-18-16-30-46(48)49;51-52(36-17-4-1-5-18-36,37-19-16-32-48-34-37)50-42-25-11-10-24-40(42)41-33-35(30-31-43(41)50)49-44-26-12-14-28-46(44)53(38-20-6-2-7-21-38,39-22-8-3-9-23-39)47-29-15-13-27-45(47)49;39-40(26-11-2-1-3-12-26,27-13-10-22-36-24-27)38-34-19-9-6-16-30(34)31-23-25(20-21-35(31)38)37-32-17-7-4-14-28(32)29-15-5-8-18-33(29)37/h1-35H;1-34H;1-24H. The van der Waals surface area contributed by atoms with Gasteiger partial charge in [0, 0.05) is 129 Å². The molecule has 0 bridgehead atoms. The summed E-state index contributed by atoms with van der Waals surface area (Å²) in [7, 11) is -15.5. The van der Waals surface area contributed by atoms with Gasteiger partial charge in [-0.2, -0.15) is 0 Å². The Kier molecular flexibility index (Phi) is 22.2. The molecule has 2 unspecified atom stereocenters. The molecule has 28 rings (SSSR count). The highest BCUT2D eigenvalue weighted by atomic mass is 31.2. The maximum atomic E-state index is 15.9. The average Bonchev–Trinajstić information content (AvgIpc) is 0.930. The Bertz CT molecular complexity index is 8890. The lowest BCUT2D eigenvalue weighted by molar-refractivity contribution is 0.582. The lowest BCUT2D eigenvalue weighted by atomic mass is 10.1. The Morgan fingerprint density at radius 1 is 0.178 bits per heavy atom. The summed E-state index contributed by atoms with van der Waals surface area (Å²) in [4.78, 5) is 13.7. The van der Waals surface area contributed by atoms with Crippen LogP contribution in [0.25, 0.3) is 92.9 Å². The van der Waals surface area contributed by atoms with Gasteiger partial charge >= 0.3 is 0 Å². The number of benzene rings is 20. The number of para-hydroxylation sites is 9. The van der Waals surface area contributed by atoms with E-state index >= 15 is 13.7 Å². The molecule has 0 saturated carbocycles. The molecule has 2 aliphatic rings. The van der Waals surface area contributed by atoms with Gasteiger partial charge in [0.25, 0.3) is 0 Å². The molecule has 6 aromatic heterocycles. The number of pyridine rings is 2. The van der Waals surface area contributed by atoms with Crippen molar-refractivity contribution < 1.29 is 13.7 Å². The zero-order valence-corrected chi connectivity index (χ0v) is 84.0. The first-order chi connectivity index (χ1) is 72.2. The van der Waals surface area contributed by atoms with E-state index in [1.807, 2.05) is 164 Å². The normalized spacial score (nSPS) is 13.8. The van der Waals surface area contributed by atoms with Crippen molar-refractivity contribution in [3.63, 3.8) is 0 Å². The molecule has 0 amide bonds. The van der Waals surface area contributed by atoms with Crippen molar-refractivity contribution in [1.29, 1.82) is 0 Å². The van der Waals surface area contributed by atoms with Crippen molar-refractivity contribution in [2.75, 3.05) is 9.80 Å². The molecule has 0 aliphatic carbocycles. The molecule has 0 spiro atoms. The van der Waals surface area contributed by atoms with Crippen LogP contribution in [0, 0.1) is 0 Å². The summed E-state index contributed by atoms with van der Waals surface area (Å²) in [5.41, 5.74) is 15.9. The molecular formula is C130H93N8O3P3Si2. The number of anilines is 6. The maximum Gasteiger partial charge on any atom is 0.235 e. The lowest BCUT2D eigenvalue weighted by Gasteiger charge is -2.45. The van der Waals surface area contributed by atoms with E-state index in [1.54, 1.807) is 24.8 Å². The van der Waals surface area contributed by atoms with Gasteiger partial charge in [-0.05, 0) is 223 Å². The fourth-order valence-electron chi connectivity index (χ4n) is 23.5. The Morgan fingerprint density at radius 3 is 0.671 bits per heavy atom. The Hall–Kier alpha value is -17.4. The first kappa shape index (κ1) is 88.8. The van der Waals surface area contributed by atoms with Gasteiger partial charge in [0.2, 0.25) is 21.9 Å². The monoisotopic (exact) mass is 1960 g/mol. The predicted octanol–water partition coefficient (Wildman–Crippen LogP) is 24.9. The third-order valence-corrected chi connectivity index (χ3v) is 48.2. The van der Waals surface area contributed by atoms with Crippen molar-refractivity contribution >= 4 is 233 Å². The van der Waals surface area contributed by atoms with Crippen LogP contribution in [-0.4, -0.2) is 43.7 Å². The van der Waals surface area contributed by atoms with Gasteiger partial charge in [0.15, 0.2) is 16.1 Å². The van der Waals surface area contributed by atoms with Crippen LogP contribution < -0.4 is 83.1 Å². The molecule has 0 radical (unpaired) electrons. The van der Waals surface area contributed by atoms with Crippen molar-refractivity contribution in [1.82, 2.24) is 27.5 Å².